The summed E-state index contributed by atoms with van der Waals surface area (Å²) in [6.45, 7) is 12.3. The van der Waals surface area contributed by atoms with Gasteiger partial charge in [0.25, 0.3) is 0 Å². The molecule has 1 aromatic rings. The minimum atomic E-state index is -1.11. The molecule has 0 aromatic carbocycles. The molecule has 0 bridgehead atoms. The maximum Gasteiger partial charge on any atom is 0.410 e. The van der Waals surface area contributed by atoms with Crippen molar-refractivity contribution in [2.75, 3.05) is 13.1 Å². The number of halogens is 1. The third-order valence-electron chi connectivity index (χ3n) is 5.17. The van der Waals surface area contributed by atoms with Crippen LogP contribution in [0.25, 0.3) is 0 Å². The van der Waals surface area contributed by atoms with E-state index in [-0.39, 0.29) is 30.2 Å². The normalized spacial score (nSPS) is 20.2. The minimum Gasteiger partial charge on any atom is -0.444 e. The van der Waals surface area contributed by atoms with Crippen molar-refractivity contribution in [2.45, 2.75) is 78.2 Å². The van der Waals surface area contributed by atoms with Crippen molar-refractivity contribution in [3.8, 4) is 0 Å². The monoisotopic (exact) mass is 395 g/mol. The second-order valence-electron chi connectivity index (χ2n) is 9.09. The van der Waals surface area contributed by atoms with Crippen molar-refractivity contribution in [2.24, 2.45) is 5.92 Å². The molecule has 0 radical (unpaired) electrons. The summed E-state index contributed by atoms with van der Waals surface area (Å²) in [5, 5.41) is 13.3. The standard InChI is InChI=1S/C21H34FN3O3/c1-14(2)21(6,27)23-12-18-16(22)9-10-17(24-18)15-8-7-11-25(13-15)19(26)28-20(3,4)5/h9-10,14-15,23,27H,7-8,11-13H2,1-6H3/t15?,21-/m1/s1. The SMILES string of the molecule is CC(C)[C@@](C)(O)NCc1nc(C2CCCN(C(=O)OC(C)(C)C)C2)ccc1F. The third kappa shape index (κ3) is 6.14. The number of hydrogen-bond acceptors (Lipinski definition) is 5. The number of carbonyl (C=O) groups excluding carboxylic acids is 1. The van der Waals surface area contributed by atoms with Gasteiger partial charge in [-0.15, -0.1) is 0 Å². The van der Waals surface area contributed by atoms with Crippen LogP contribution in [-0.2, 0) is 11.3 Å². The number of ether oxygens (including phenoxy) is 1. The Kier molecular flexibility index (Phi) is 7.04. The summed E-state index contributed by atoms with van der Waals surface area (Å²) in [6, 6.07) is 3.10. The van der Waals surface area contributed by atoms with Gasteiger partial charge in [0.1, 0.15) is 17.1 Å². The molecule has 1 aliphatic rings. The fourth-order valence-electron chi connectivity index (χ4n) is 3.03. The molecule has 0 aliphatic carbocycles. The van der Waals surface area contributed by atoms with E-state index in [1.54, 1.807) is 17.9 Å². The maximum absolute atomic E-state index is 14.2. The van der Waals surface area contributed by atoms with Crippen molar-refractivity contribution < 1.29 is 19.0 Å². The lowest BCUT2D eigenvalue weighted by Gasteiger charge is -2.34. The first-order valence-electron chi connectivity index (χ1n) is 9.99. The first kappa shape index (κ1) is 22.6. The summed E-state index contributed by atoms with van der Waals surface area (Å²) < 4.78 is 19.7. The first-order chi connectivity index (χ1) is 12.9. The largest absolute Gasteiger partial charge is 0.444 e. The van der Waals surface area contributed by atoms with Gasteiger partial charge in [-0.2, -0.15) is 0 Å². The Morgan fingerprint density at radius 2 is 2.07 bits per heavy atom. The molecule has 28 heavy (non-hydrogen) atoms. The molecule has 2 atom stereocenters. The predicted octanol–water partition coefficient (Wildman–Crippen LogP) is 3.79. The fraction of sp³-hybridized carbons (Fsp3) is 0.714. The zero-order valence-corrected chi connectivity index (χ0v) is 17.9. The third-order valence-corrected chi connectivity index (χ3v) is 5.17. The summed E-state index contributed by atoms with van der Waals surface area (Å²) in [6.07, 6.45) is 1.40. The van der Waals surface area contributed by atoms with Crippen LogP contribution in [0.15, 0.2) is 12.1 Å². The van der Waals surface area contributed by atoms with E-state index in [0.29, 0.717) is 13.1 Å². The number of aliphatic hydroxyl groups is 1. The Labute approximate surface area is 167 Å². The molecule has 158 valence electrons. The van der Waals surface area contributed by atoms with E-state index in [0.717, 1.165) is 18.5 Å². The lowest BCUT2D eigenvalue weighted by Crippen LogP contribution is -2.46. The van der Waals surface area contributed by atoms with Gasteiger partial charge in [-0.1, -0.05) is 13.8 Å². The molecule has 0 saturated carbocycles. The highest BCUT2D eigenvalue weighted by atomic mass is 19.1. The highest BCUT2D eigenvalue weighted by Gasteiger charge is 2.30. The lowest BCUT2D eigenvalue weighted by molar-refractivity contribution is -0.0219. The van der Waals surface area contributed by atoms with E-state index in [9.17, 15) is 14.3 Å². The highest BCUT2D eigenvalue weighted by Crippen LogP contribution is 2.27. The summed E-state index contributed by atoms with van der Waals surface area (Å²) in [5.74, 6) is -0.402. The van der Waals surface area contributed by atoms with Gasteiger partial charge in [-0.05, 0) is 58.6 Å². The number of carbonyl (C=O) groups is 1. The van der Waals surface area contributed by atoms with Gasteiger partial charge in [0.05, 0.1) is 5.69 Å². The molecule has 1 aliphatic heterocycles. The predicted molar refractivity (Wildman–Crippen MR) is 106 cm³/mol. The number of hydrogen-bond donors (Lipinski definition) is 2. The second kappa shape index (κ2) is 8.74. The van der Waals surface area contributed by atoms with Crippen molar-refractivity contribution in [3.63, 3.8) is 0 Å². The van der Waals surface area contributed by atoms with Crippen LogP contribution in [-0.4, -0.2) is 45.5 Å². The minimum absolute atomic E-state index is 0.0283. The highest BCUT2D eigenvalue weighted by molar-refractivity contribution is 5.68. The number of aromatic nitrogens is 1. The molecule has 1 saturated heterocycles. The van der Waals surface area contributed by atoms with E-state index in [1.807, 2.05) is 34.6 Å². The van der Waals surface area contributed by atoms with Gasteiger partial charge >= 0.3 is 6.09 Å². The molecule has 2 N–H and O–H groups in total. The van der Waals surface area contributed by atoms with E-state index >= 15 is 0 Å². The van der Waals surface area contributed by atoms with Crippen molar-refractivity contribution in [1.82, 2.24) is 15.2 Å². The molecule has 1 fully saturated rings. The summed E-state index contributed by atoms with van der Waals surface area (Å²) in [5.41, 5.74) is -0.615. The topological polar surface area (TPSA) is 74.7 Å². The van der Waals surface area contributed by atoms with E-state index in [1.165, 1.54) is 6.07 Å². The molecular weight excluding hydrogens is 361 g/mol. The van der Waals surface area contributed by atoms with Crippen LogP contribution in [0.5, 0.6) is 0 Å². The van der Waals surface area contributed by atoms with Crippen LogP contribution >= 0.6 is 0 Å². The first-order valence-corrected chi connectivity index (χ1v) is 9.99. The summed E-state index contributed by atoms with van der Waals surface area (Å²) in [7, 11) is 0. The average molecular weight is 396 g/mol. The quantitative estimate of drug-likeness (QED) is 0.742. The lowest BCUT2D eigenvalue weighted by atomic mass is 9.94. The number of likely N-dealkylation sites (tertiary alicyclic amines) is 1. The van der Waals surface area contributed by atoms with Gasteiger partial charge in [-0.3, -0.25) is 10.3 Å². The van der Waals surface area contributed by atoms with Crippen molar-refractivity contribution in [1.29, 1.82) is 0 Å². The van der Waals surface area contributed by atoms with E-state index in [2.05, 4.69) is 10.3 Å². The molecule has 1 aromatic heterocycles. The Balaban J connectivity index is 2.09. The van der Waals surface area contributed by atoms with Crippen LogP contribution in [0.1, 0.15) is 71.7 Å². The van der Waals surface area contributed by atoms with Gasteiger partial charge < -0.3 is 14.7 Å². The van der Waals surface area contributed by atoms with Crippen molar-refractivity contribution >= 4 is 6.09 Å². The van der Waals surface area contributed by atoms with Crippen LogP contribution in [0.2, 0.25) is 0 Å². The number of amides is 1. The zero-order valence-electron chi connectivity index (χ0n) is 17.9. The van der Waals surface area contributed by atoms with Crippen LogP contribution in [0.3, 0.4) is 0 Å². The van der Waals surface area contributed by atoms with E-state index < -0.39 is 17.1 Å². The molecule has 6 nitrogen and oxygen atoms in total. The maximum atomic E-state index is 14.2. The van der Waals surface area contributed by atoms with Gasteiger partial charge in [0.15, 0.2) is 0 Å². The molecule has 1 amide bonds. The smallest absolute Gasteiger partial charge is 0.410 e. The number of nitrogens with zero attached hydrogens (tertiary/aromatic N) is 2. The number of nitrogens with one attached hydrogen (secondary N) is 1. The number of piperidine rings is 1. The van der Waals surface area contributed by atoms with Crippen molar-refractivity contribution in [3.05, 3.63) is 29.3 Å². The summed E-state index contributed by atoms with van der Waals surface area (Å²) >= 11 is 0. The van der Waals surface area contributed by atoms with Crippen LogP contribution in [0.4, 0.5) is 9.18 Å². The molecule has 1 unspecified atom stereocenters. The number of pyridine rings is 1. The molecular formula is C21H34FN3O3. The Bertz CT molecular complexity index is 686. The molecule has 2 heterocycles. The molecule has 0 spiro atoms. The van der Waals surface area contributed by atoms with Crippen LogP contribution < -0.4 is 5.32 Å². The fourth-order valence-corrected chi connectivity index (χ4v) is 3.03. The Morgan fingerprint density at radius 1 is 1.39 bits per heavy atom. The van der Waals surface area contributed by atoms with Gasteiger partial charge in [0, 0.05) is 31.2 Å². The Hall–Kier alpha value is -1.73. The van der Waals surface area contributed by atoms with Gasteiger partial charge in [0.2, 0.25) is 0 Å². The number of rotatable bonds is 5. The average Bonchev–Trinajstić information content (AvgIpc) is 2.59. The Morgan fingerprint density at radius 3 is 2.68 bits per heavy atom. The van der Waals surface area contributed by atoms with Gasteiger partial charge in [-0.25, -0.2) is 9.18 Å². The van der Waals surface area contributed by atoms with E-state index in [4.69, 9.17) is 4.74 Å². The summed E-state index contributed by atoms with van der Waals surface area (Å²) in [4.78, 5) is 18.6. The molecule has 2 rings (SSSR count). The molecule has 7 heteroatoms. The zero-order chi connectivity index (χ0) is 21.1. The van der Waals surface area contributed by atoms with Crippen LogP contribution in [0, 0.1) is 11.7 Å². The second-order valence-corrected chi connectivity index (χ2v) is 9.09.